The number of likely N-dealkylation sites (tertiary alicyclic amines) is 1. The monoisotopic (exact) mass is 247 g/mol. The molecule has 1 saturated heterocycles. The SMILES string of the molecule is CN1C[C@@H](CCCCCc2ccccc2)[C@H](O)C1. The van der Waals surface area contributed by atoms with Gasteiger partial charge < -0.3 is 10.0 Å². The van der Waals surface area contributed by atoms with Crippen LogP contribution in [0.4, 0.5) is 0 Å². The fourth-order valence-corrected chi connectivity index (χ4v) is 2.91. The second kappa shape index (κ2) is 6.91. The van der Waals surface area contributed by atoms with Crippen molar-refractivity contribution in [3.8, 4) is 0 Å². The summed E-state index contributed by atoms with van der Waals surface area (Å²) >= 11 is 0. The van der Waals surface area contributed by atoms with Gasteiger partial charge in [0.05, 0.1) is 6.10 Å². The molecule has 2 atom stereocenters. The lowest BCUT2D eigenvalue weighted by Crippen LogP contribution is -2.17. The van der Waals surface area contributed by atoms with E-state index in [0.717, 1.165) is 13.1 Å². The summed E-state index contributed by atoms with van der Waals surface area (Å²) in [6.07, 6.45) is 6.07. The van der Waals surface area contributed by atoms with Gasteiger partial charge in [0.1, 0.15) is 0 Å². The summed E-state index contributed by atoms with van der Waals surface area (Å²) in [7, 11) is 2.10. The maximum absolute atomic E-state index is 9.85. The van der Waals surface area contributed by atoms with Crippen LogP contribution < -0.4 is 0 Å². The Morgan fingerprint density at radius 1 is 1.11 bits per heavy atom. The topological polar surface area (TPSA) is 23.5 Å². The van der Waals surface area contributed by atoms with Crippen molar-refractivity contribution in [3.05, 3.63) is 35.9 Å². The highest BCUT2D eigenvalue weighted by Gasteiger charge is 2.28. The van der Waals surface area contributed by atoms with Crippen molar-refractivity contribution in [1.82, 2.24) is 4.90 Å². The first-order valence-electron chi connectivity index (χ1n) is 7.16. The zero-order valence-electron chi connectivity index (χ0n) is 11.4. The molecule has 1 aliphatic rings. The molecule has 100 valence electrons. The van der Waals surface area contributed by atoms with E-state index in [0.29, 0.717) is 5.92 Å². The fourth-order valence-electron chi connectivity index (χ4n) is 2.91. The largest absolute Gasteiger partial charge is 0.391 e. The molecule has 1 aliphatic heterocycles. The minimum atomic E-state index is -0.0934. The van der Waals surface area contributed by atoms with Gasteiger partial charge in [-0.1, -0.05) is 43.2 Å². The molecular weight excluding hydrogens is 222 g/mol. The smallest absolute Gasteiger partial charge is 0.0707 e. The van der Waals surface area contributed by atoms with Crippen molar-refractivity contribution in [2.24, 2.45) is 5.92 Å². The molecule has 1 fully saturated rings. The molecule has 1 N–H and O–H groups in total. The molecule has 0 saturated carbocycles. The van der Waals surface area contributed by atoms with Gasteiger partial charge in [0.25, 0.3) is 0 Å². The van der Waals surface area contributed by atoms with Gasteiger partial charge >= 0.3 is 0 Å². The van der Waals surface area contributed by atoms with E-state index >= 15 is 0 Å². The van der Waals surface area contributed by atoms with Gasteiger partial charge in [-0.15, -0.1) is 0 Å². The third-order valence-corrected chi connectivity index (χ3v) is 3.97. The minimum absolute atomic E-state index is 0.0934. The summed E-state index contributed by atoms with van der Waals surface area (Å²) in [4.78, 5) is 2.24. The maximum Gasteiger partial charge on any atom is 0.0707 e. The highest BCUT2D eigenvalue weighted by atomic mass is 16.3. The number of likely N-dealkylation sites (N-methyl/N-ethyl adjacent to an activating group) is 1. The van der Waals surface area contributed by atoms with E-state index < -0.39 is 0 Å². The summed E-state index contributed by atoms with van der Waals surface area (Å²) in [6.45, 7) is 1.93. The Hall–Kier alpha value is -0.860. The Morgan fingerprint density at radius 3 is 2.56 bits per heavy atom. The van der Waals surface area contributed by atoms with Crippen molar-refractivity contribution < 1.29 is 5.11 Å². The standard InChI is InChI=1S/C16H25NO/c1-17-12-15(16(18)13-17)11-7-3-6-10-14-8-4-2-5-9-14/h2,4-5,8-9,15-16,18H,3,6-7,10-13H2,1H3/t15-,16-/m1/s1. The molecule has 0 spiro atoms. The second-order valence-corrected chi connectivity index (χ2v) is 5.63. The number of rotatable bonds is 6. The lowest BCUT2D eigenvalue weighted by Gasteiger charge is -2.12. The van der Waals surface area contributed by atoms with Crippen LogP contribution in [0.25, 0.3) is 0 Å². The summed E-state index contributed by atoms with van der Waals surface area (Å²) in [5.74, 6) is 0.506. The van der Waals surface area contributed by atoms with E-state index in [2.05, 4.69) is 42.3 Å². The maximum atomic E-state index is 9.85. The summed E-state index contributed by atoms with van der Waals surface area (Å²) in [5.41, 5.74) is 1.44. The van der Waals surface area contributed by atoms with Crippen LogP contribution in [-0.2, 0) is 6.42 Å². The lowest BCUT2D eigenvalue weighted by atomic mass is 9.97. The normalized spacial score (nSPS) is 24.6. The Bertz CT molecular complexity index is 338. The predicted octanol–water partition coefficient (Wildman–Crippen LogP) is 2.71. The number of β-amino-alcohol motifs (C(OH)–C–C–N with tert-alkyl or cyclic N) is 1. The molecule has 1 aromatic carbocycles. The Kier molecular flexibility index (Phi) is 5.21. The lowest BCUT2D eigenvalue weighted by molar-refractivity contribution is 0.138. The molecule has 1 aromatic rings. The van der Waals surface area contributed by atoms with Gasteiger partial charge in [-0.25, -0.2) is 0 Å². The van der Waals surface area contributed by atoms with E-state index in [4.69, 9.17) is 0 Å². The van der Waals surface area contributed by atoms with Crippen LogP contribution in [0.15, 0.2) is 30.3 Å². The van der Waals surface area contributed by atoms with E-state index in [1.165, 1.54) is 37.7 Å². The Morgan fingerprint density at radius 2 is 1.89 bits per heavy atom. The number of nitrogens with zero attached hydrogens (tertiary/aromatic N) is 1. The van der Waals surface area contributed by atoms with Crippen LogP contribution in [0, 0.1) is 5.92 Å². The van der Waals surface area contributed by atoms with Crippen LogP contribution in [0.1, 0.15) is 31.2 Å². The van der Waals surface area contributed by atoms with Crippen LogP contribution in [0.5, 0.6) is 0 Å². The zero-order valence-corrected chi connectivity index (χ0v) is 11.4. The molecule has 18 heavy (non-hydrogen) atoms. The molecule has 1 heterocycles. The Labute approximate surface area is 111 Å². The minimum Gasteiger partial charge on any atom is -0.391 e. The average Bonchev–Trinajstić information content (AvgIpc) is 2.69. The van der Waals surface area contributed by atoms with E-state index in [1.54, 1.807) is 0 Å². The molecule has 0 radical (unpaired) electrons. The summed E-state index contributed by atoms with van der Waals surface area (Å²) in [5, 5.41) is 9.85. The number of aliphatic hydroxyl groups is 1. The van der Waals surface area contributed by atoms with Crippen molar-refractivity contribution in [1.29, 1.82) is 0 Å². The van der Waals surface area contributed by atoms with Crippen LogP contribution in [-0.4, -0.2) is 36.2 Å². The molecular formula is C16H25NO. The van der Waals surface area contributed by atoms with Crippen molar-refractivity contribution in [3.63, 3.8) is 0 Å². The van der Waals surface area contributed by atoms with Gasteiger partial charge in [-0.05, 0) is 37.8 Å². The van der Waals surface area contributed by atoms with Gasteiger partial charge in [0.15, 0.2) is 0 Å². The highest BCUT2D eigenvalue weighted by Crippen LogP contribution is 2.21. The van der Waals surface area contributed by atoms with Gasteiger partial charge in [-0.2, -0.15) is 0 Å². The summed E-state index contributed by atoms with van der Waals surface area (Å²) < 4.78 is 0. The molecule has 0 unspecified atom stereocenters. The van der Waals surface area contributed by atoms with Crippen LogP contribution >= 0.6 is 0 Å². The number of aryl methyl sites for hydroxylation is 1. The quantitative estimate of drug-likeness (QED) is 0.781. The van der Waals surface area contributed by atoms with E-state index in [9.17, 15) is 5.11 Å². The van der Waals surface area contributed by atoms with Gasteiger partial charge in [0, 0.05) is 13.1 Å². The zero-order chi connectivity index (χ0) is 12.8. The molecule has 0 bridgehead atoms. The number of hydrogen-bond acceptors (Lipinski definition) is 2. The van der Waals surface area contributed by atoms with Crippen molar-refractivity contribution in [2.75, 3.05) is 20.1 Å². The van der Waals surface area contributed by atoms with Crippen molar-refractivity contribution >= 4 is 0 Å². The number of aliphatic hydroxyl groups excluding tert-OH is 1. The third kappa shape index (κ3) is 4.11. The molecule has 0 amide bonds. The van der Waals surface area contributed by atoms with E-state index in [1.807, 2.05) is 0 Å². The predicted molar refractivity (Wildman–Crippen MR) is 75.6 cm³/mol. The summed E-state index contributed by atoms with van der Waals surface area (Å²) in [6, 6.07) is 10.7. The average molecular weight is 247 g/mol. The first kappa shape index (κ1) is 13.6. The third-order valence-electron chi connectivity index (χ3n) is 3.97. The first-order valence-corrected chi connectivity index (χ1v) is 7.16. The first-order chi connectivity index (χ1) is 8.75. The molecule has 0 aliphatic carbocycles. The number of unbranched alkanes of at least 4 members (excludes halogenated alkanes) is 2. The van der Waals surface area contributed by atoms with Gasteiger partial charge in [0.2, 0.25) is 0 Å². The fraction of sp³-hybridized carbons (Fsp3) is 0.625. The van der Waals surface area contributed by atoms with Gasteiger partial charge in [-0.3, -0.25) is 0 Å². The molecule has 2 heteroatoms. The number of hydrogen-bond donors (Lipinski definition) is 1. The van der Waals surface area contributed by atoms with Crippen LogP contribution in [0.3, 0.4) is 0 Å². The van der Waals surface area contributed by atoms with Crippen LogP contribution in [0.2, 0.25) is 0 Å². The molecule has 0 aromatic heterocycles. The second-order valence-electron chi connectivity index (χ2n) is 5.63. The molecule has 2 nitrogen and oxygen atoms in total. The Balaban J connectivity index is 1.57. The molecule has 2 rings (SSSR count). The van der Waals surface area contributed by atoms with E-state index in [-0.39, 0.29) is 6.10 Å². The highest BCUT2D eigenvalue weighted by molar-refractivity contribution is 5.14. The number of benzene rings is 1. The van der Waals surface area contributed by atoms with Crippen molar-refractivity contribution in [2.45, 2.75) is 38.2 Å².